The van der Waals surface area contributed by atoms with Crippen LogP contribution in [0, 0.1) is 5.92 Å². The molecule has 1 aromatic heterocycles. The van der Waals surface area contributed by atoms with Crippen molar-refractivity contribution in [3.05, 3.63) is 46.0 Å². The predicted molar refractivity (Wildman–Crippen MR) is 133 cm³/mol. The van der Waals surface area contributed by atoms with E-state index in [-0.39, 0.29) is 17.9 Å². The monoisotopic (exact) mass is 532 g/mol. The molecule has 2 saturated heterocycles. The lowest BCUT2D eigenvalue weighted by molar-refractivity contribution is -0.136. The van der Waals surface area contributed by atoms with Crippen LogP contribution >= 0.6 is 15.9 Å². The topological polar surface area (TPSA) is 96.6 Å². The van der Waals surface area contributed by atoms with Crippen LogP contribution in [0.15, 0.2) is 28.8 Å². The number of imidazole rings is 1. The number of hydrogen-bond acceptors (Lipinski definition) is 5. The van der Waals surface area contributed by atoms with E-state index in [1.165, 1.54) is 12.7 Å². The SMILES string of the molecule is C=C(Br)/C=C1/CCc2nc([C@@H]3CCCN3C(=O)[C@@H](NC(=O)OC)C3CCOCC3)[nH]c2/C1=C/C. The molecule has 0 bridgehead atoms. The Kier molecular flexibility index (Phi) is 7.93. The van der Waals surface area contributed by atoms with E-state index in [0.717, 1.165) is 65.8 Å². The summed E-state index contributed by atoms with van der Waals surface area (Å²) in [6.07, 6.45) is 8.49. The Balaban J connectivity index is 1.60. The molecule has 1 aliphatic carbocycles. The lowest BCUT2D eigenvalue weighted by Gasteiger charge is -2.34. The van der Waals surface area contributed by atoms with E-state index in [0.29, 0.717) is 19.8 Å². The number of carbonyl (C=O) groups excluding carboxylic acids is 2. The van der Waals surface area contributed by atoms with Gasteiger partial charge in [-0.25, -0.2) is 9.78 Å². The molecule has 8 nitrogen and oxygen atoms in total. The van der Waals surface area contributed by atoms with E-state index in [1.54, 1.807) is 0 Å². The Morgan fingerprint density at radius 1 is 1.32 bits per heavy atom. The number of aryl methyl sites for hydroxylation is 1. The number of allylic oxidation sites excluding steroid dienone is 5. The Morgan fingerprint density at radius 2 is 2.09 bits per heavy atom. The first-order valence-electron chi connectivity index (χ1n) is 12.0. The van der Waals surface area contributed by atoms with Gasteiger partial charge in [0.05, 0.1) is 24.5 Å². The van der Waals surface area contributed by atoms with Gasteiger partial charge in [0, 0.05) is 24.2 Å². The summed E-state index contributed by atoms with van der Waals surface area (Å²) in [5, 5.41) is 2.81. The number of rotatable bonds is 5. The van der Waals surface area contributed by atoms with Crippen molar-refractivity contribution in [3.63, 3.8) is 0 Å². The number of alkyl carbamates (subject to hydrolysis) is 1. The van der Waals surface area contributed by atoms with Gasteiger partial charge in [-0.15, -0.1) is 0 Å². The number of nitrogens with one attached hydrogen (secondary N) is 2. The zero-order valence-corrected chi connectivity index (χ0v) is 21.4. The van der Waals surface area contributed by atoms with Gasteiger partial charge in [-0.3, -0.25) is 4.79 Å². The third kappa shape index (κ3) is 5.15. The largest absolute Gasteiger partial charge is 0.453 e. The molecule has 0 aromatic carbocycles. The number of aromatic nitrogens is 2. The highest BCUT2D eigenvalue weighted by Crippen LogP contribution is 2.38. The molecule has 0 unspecified atom stereocenters. The van der Waals surface area contributed by atoms with Crippen molar-refractivity contribution < 1.29 is 19.1 Å². The molecule has 2 fully saturated rings. The van der Waals surface area contributed by atoms with Crippen molar-refractivity contribution in [1.82, 2.24) is 20.2 Å². The van der Waals surface area contributed by atoms with Crippen molar-refractivity contribution in [1.29, 1.82) is 0 Å². The Labute approximate surface area is 209 Å². The molecule has 0 radical (unpaired) electrons. The minimum absolute atomic E-state index is 0.0195. The molecule has 0 spiro atoms. The number of aromatic amines is 1. The first-order valence-corrected chi connectivity index (χ1v) is 12.8. The summed E-state index contributed by atoms with van der Waals surface area (Å²) in [7, 11) is 1.32. The highest BCUT2D eigenvalue weighted by molar-refractivity contribution is 9.11. The summed E-state index contributed by atoms with van der Waals surface area (Å²) in [6, 6.07) is -0.774. The second-order valence-corrected chi connectivity index (χ2v) is 10.0. The lowest BCUT2D eigenvalue weighted by Crippen LogP contribution is -2.53. The molecule has 2 N–H and O–H groups in total. The number of ether oxygens (including phenoxy) is 2. The molecule has 2 amide bonds. The van der Waals surface area contributed by atoms with Crippen LogP contribution in [-0.2, 0) is 20.7 Å². The van der Waals surface area contributed by atoms with Crippen LogP contribution in [-0.4, -0.2) is 59.8 Å². The average molecular weight is 533 g/mol. The van der Waals surface area contributed by atoms with Crippen LogP contribution in [0.1, 0.15) is 62.3 Å². The molecular weight excluding hydrogens is 500 g/mol. The fourth-order valence-corrected chi connectivity index (χ4v) is 5.59. The first kappa shape index (κ1) is 24.7. The fraction of sp³-hybridized carbons (Fsp3) is 0.560. The minimum Gasteiger partial charge on any atom is -0.453 e. The van der Waals surface area contributed by atoms with Gasteiger partial charge in [0.1, 0.15) is 11.9 Å². The number of methoxy groups -OCH3 is 1. The highest BCUT2D eigenvalue weighted by Gasteiger charge is 2.40. The molecule has 184 valence electrons. The van der Waals surface area contributed by atoms with E-state index in [9.17, 15) is 9.59 Å². The fourth-order valence-electron chi connectivity index (χ4n) is 5.32. The van der Waals surface area contributed by atoms with E-state index < -0.39 is 12.1 Å². The number of halogens is 1. The van der Waals surface area contributed by atoms with Crippen molar-refractivity contribution in [2.24, 2.45) is 5.92 Å². The summed E-state index contributed by atoms with van der Waals surface area (Å²) in [6.45, 7) is 7.80. The molecule has 3 aliphatic rings. The van der Waals surface area contributed by atoms with Gasteiger partial charge in [-0.2, -0.15) is 0 Å². The number of H-pyrrole nitrogens is 1. The number of nitrogens with zero attached hydrogens (tertiary/aromatic N) is 2. The van der Waals surface area contributed by atoms with Crippen LogP contribution in [0.2, 0.25) is 0 Å². The summed E-state index contributed by atoms with van der Waals surface area (Å²) < 4.78 is 11.1. The molecule has 2 aliphatic heterocycles. The maximum absolute atomic E-state index is 13.8. The lowest BCUT2D eigenvalue weighted by atomic mass is 9.90. The van der Waals surface area contributed by atoms with Gasteiger partial charge in [-0.1, -0.05) is 28.6 Å². The quantitative estimate of drug-likeness (QED) is 0.585. The third-order valence-electron chi connectivity index (χ3n) is 6.98. The Hall–Kier alpha value is -2.39. The maximum atomic E-state index is 13.8. The molecule has 9 heteroatoms. The zero-order valence-electron chi connectivity index (χ0n) is 19.9. The van der Waals surface area contributed by atoms with Crippen molar-refractivity contribution in [2.45, 2.75) is 57.5 Å². The second kappa shape index (κ2) is 10.9. The van der Waals surface area contributed by atoms with Gasteiger partial charge in [-0.05, 0) is 68.6 Å². The zero-order chi connectivity index (χ0) is 24.2. The standard InChI is InChI=1S/C25H33BrN4O4/c1-4-18-17(14-15(2)26)7-8-19-22(18)28-23(27-19)20-6-5-11-30(20)24(31)21(29-25(32)33-3)16-9-12-34-13-10-16/h4,14,16,20-21H,2,5-13H2,1,3H3,(H,27,28)(H,29,32)/b17-14-,18-4+/t20-,21-/m0/s1. The van der Waals surface area contributed by atoms with Crippen LogP contribution in [0.25, 0.3) is 5.57 Å². The molecule has 1 aromatic rings. The Morgan fingerprint density at radius 3 is 2.76 bits per heavy atom. The van der Waals surface area contributed by atoms with E-state index in [4.69, 9.17) is 14.5 Å². The minimum atomic E-state index is -0.632. The Bertz CT molecular complexity index is 1010. The normalized spacial score (nSPS) is 24.2. The van der Waals surface area contributed by atoms with Gasteiger partial charge in [0.2, 0.25) is 5.91 Å². The van der Waals surface area contributed by atoms with Gasteiger partial charge in [0.15, 0.2) is 0 Å². The van der Waals surface area contributed by atoms with E-state index >= 15 is 0 Å². The van der Waals surface area contributed by atoms with Crippen LogP contribution in [0.5, 0.6) is 0 Å². The van der Waals surface area contributed by atoms with Crippen molar-refractivity contribution in [3.8, 4) is 0 Å². The first-order chi connectivity index (χ1) is 16.4. The third-order valence-corrected chi connectivity index (χ3v) is 7.21. The molecule has 34 heavy (non-hydrogen) atoms. The van der Waals surface area contributed by atoms with Gasteiger partial charge < -0.3 is 24.7 Å². The molecular formula is C25H33BrN4O4. The molecule has 0 saturated carbocycles. The smallest absolute Gasteiger partial charge is 0.407 e. The average Bonchev–Trinajstić information content (AvgIpc) is 3.49. The van der Waals surface area contributed by atoms with E-state index in [2.05, 4.69) is 45.0 Å². The van der Waals surface area contributed by atoms with E-state index in [1.807, 2.05) is 11.8 Å². The predicted octanol–water partition coefficient (Wildman–Crippen LogP) is 4.41. The number of likely N-dealkylation sites (tertiary alicyclic amines) is 1. The van der Waals surface area contributed by atoms with Gasteiger partial charge >= 0.3 is 6.09 Å². The molecule has 4 rings (SSSR count). The second-order valence-electron chi connectivity index (χ2n) is 9.02. The van der Waals surface area contributed by atoms with Crippen molar-refractivity contribution in [2.75, 3.05) is 26.9 Å². The number of carbonyl (C=O) groups is 2. The van der Waals surface area contributed by atoms with Crippen LogP contribution in [0.4, 0.5) is 4.79 Å². The van der Waals surface area contributed by atoms with Crippen LogP contribution in [0.3, 0.4) is 0 Å². The summed E-state index contributed by atoms with van der Waals surface area (Å²) >= 11 is 3.44. The summed E-state index contributed by atoms with van der Waals surface area (Å²) in [5.74, 6) is 0.764. The molecule has 2 atom stereocenters. The summed E-state index contributed by atoms with van der Waals surface area (Å²) in [5.41, 5.74) is 4.40. The molecule has 3 heterocycles. The highest BCUT2D eigenvalue weighted by atomic mass is 79.9. The number of hydrogen-bond donors (Lipinski definition) is 2. The number of fused-ring (bicyclic) bond motifs is 1. The van der Waals surface area contributed by atoms with Crippen LogP contribution < -0.4 is 5.32 Å². The van der Waals surface area contributed by atoms with Crippen molar-refractivity contribution >= 4 is 33.5 Å². The van der Waals surface area contributed by atoms with Gasteiger partial charge in [0.25, 0.3) is 0 Å². The summed E-state index contributed by atoms with van der Waals surface area (Å²) in [4.78, 5) is 36.2. The number of amides is 2. The maximum Gasteiger partial charge on any atom is 0.407 e.